The molecule has 2 aromatic rings. The molecule has 0 bridgehead atoms. The molecule has 7 nitrogen and oxygen atoms in total. The molecule has 0 spiro atoms. The van der Waals surface area contributed by atoms with Gasteiger partial charge >= 0.3 is 0 Å². The van der Waals surface area contributed by atoms with E-state index >= 15 is 0 Å². The molecule has 1 saturated heterocycles. The fraction of sp³-hybridized carbons (Fsp3) is 0.375. The molecule has 1 aliphatic heterocycles. The van der Waals surface area contributed by atoms with Crippen LogP contribution in [0.5, 0.6) is 5.75 Å². The van der Waals surface area contributed by atoms with Crippen LogP contribution in [0.15, 0.2) is 36.2 Å². The Bertz CT molecular complexity index is 680. The van der Waals surface area contributed by atoms with Gasteiger partial charge in [-0.1, -0.05) is 0 Å². The Morgan fingerprint density at radius 1 is 1.33 bits per heavy atom. The third-order valence-corrected chi connectivity index (χ3v) is 3.74. The van der Waals surface area contributed by atoms with E-state index in [1.807, 2.05) is 12.1 Å². The van der Waals surface area contributed by atoms with Crippen LogP contribution in [0.1, 0.15) is 0 Å². The molecule has 3 N–H and O–H groups in total. The lowest BCUT2D eigenvalue weighted by atomic mass is 10.2. The van der Waals surface area contributed by atoms with E-state index in [1.165, 1.54) is 0 Å². The summed E-state index contributed by atoms with van der Waals surface area (Å²) in [7, 11) is 0. The summed E-state index contributed by atoms with van der Waals surface area (Å²) in [6.45, 7) is 3.22. The number of aromatic amines is 1. The Balaban J connectivity index is 1.64. The van der Waals surface area contributed by atoms with E-state index in [0.29, 0.717) is 42.6 Å². The van der Waals surface area contributed by atoms with E-state index in [9.17, 15) is 4.39 Å². The Labute approximate surface area is 139 Å². The molecule has 0 radical (unpaired) electrons. The van der Waals surface area contributed by atoms with Gasteiger partial charge in [-0.15, -0.1) is 5.10 Å². The number of hydrogen-bond donors (Lipinski definition) is 2. The van der Waals surface area contributed by atoms with Crippen molar-refractivity contribution in [2.24, 2.45) is 5.73 Å². The van der Waals surface area contributed by atoms with Crippen molar-refractivity contribution in [1.82, 2.24) is 15.2 Å². The highest BCUT2D eigenvalue weighted by atomic mass is 19.1. The number of rotatable bonds is 6. The highest BCUT2D eigenvalue weighted by Gasteiger charge is 2.16. The van der Waals surface area contributed by atoms with E-state index in [1.54, 1.807) is 12.1 Å². The fourth-order valence-electron chi connectivity index (χ4n) is 2.31. The maximum Gasteiger partial charge on any atom is 0.245 e. The highest BCUT2D eigenvalue weighted by Crippen LogP contribution is 2.21. The summed E-state index contributed by atoms with van der Waals surface area (Å²) in [5, 5.41) is 7.21. The highest BCUT2D eigenvalue weighted by molar-refractivity contribution is 5.57. The van der Waals surface area contributed by atoms with Crippen LogP contribution < -0.4 is 15.4 Å². The minimum atomic E-state index is 0.135. The number of halogens is 1. The molecule has 0 saturated carbocycles. The molecular weight excluding hydrogens is 313 g/mol. The molecule has 1 fully saturated rings. The van der Waals surface area contributed by atoms with Crippen molar-refractivity contribution >= 4 is 5.95 Å². The van der Waals surface area contributed by atoms with Crippen molar-refractivity contribution in [3.63, 3.8) is 0 Å². The zero-order chi connectivity index (χ0) is 16.8. The number of benzene rings is 1. The molecule has 1 aromatic heterocycles. The number of ether oxygens (including phenoxy) is 2. The lowest BCUT2D eigenvalue weighted by Crippen LogP contribution is -2.36. The summed E-state index contributed by atoms with van der Waals surface area (Å²) < 4.78 is 23.3. The number of anilines is 1. The van der Waals surface area contributed by atoms with Crippen LogP contribution in [0.2, 0.25) is 0 Å². The normalized spacial score (nSPS) is 15.6. The van der Waals surface area contributed by atoms with Crippen LogP contribution >= 0.6 is 0 Å². The van der Waals surface area contributed by atoms with Gasteiger partial charge in [-0.3, -0.25) is 5.10 Å². The molecule has 0 aliphatic carbocycles. The molecule has 3 rings (SSSR count). The maximum atomic E-state index is 12.4. The summed E-state index contributed by atoms with van der Waals surface area (Å²) in [6, 6.07) is 7.36. The van der Waals surface area contributed by atoms with Crippen molar-refractivity contribution in [2.45, 2.75) is 0 Å². The largest absolute Gasteiger partial charge is 0.489 e. The quantitative estimate of drug-likeness (QED) is 0.833. The van der Waals surface area contributed by atoms with Gasteiger partial charge in [0, 0.05) is 30.8 Å². The predicted octanol–water partition coefficient (Wildman–Crippen LogP) is 1.50. The molecule has 1 aromatic carbocycles. The molecule has 2 heterocycles. The Morgan fingerprint density at radius 3 is 2.75 bits per heavy atom. The summed E-state index contributed by atoms with van der Waals surface area (Å²) in [6.07, 6.45) is 0.482. The molecule has 0 unspecified atom stereocenters. The average molecular weight is 333 g/mol. The average Bonchev–Trinajstić information content (AvgIpc) is 3.14. The van der Waals surface area contributed by atoms with Gasteiger partial charge in [0.25, 0.3) is 0 Å². The smallest absolute Gasteiger partial charge is 0.245 e. The van der Waals surface area contributed by atoms with E-state index in [-0.39, 0.29) is 13.2 Å². The molecular formula is C16H20FN5O2. The molecule has 0 amide bonds. The number of hydrogen-bond acceptors (Lipinski definition) is 6. The van der Waals surface area contributed by atoms with Gasteiger partial charge in [0.15, 0.2) is 5.82 Å². The van der Waals surface area contributed by atoms with Gasteiger partial charge in [0.1, 0.15) is 12.4 Å². The Morgan fingerprint density at radius 2 is 2.08 bits per heavy atom. The Kier molecular flexibility index (Phi) is 5.39. The molecule has 8 heteroatoms. The fourth-order valence-corrected chi connectivity index (χ4v) is 2.31. The van der Waals surface area contributed by atoms with Crippen LogP contribution in [0.25, 0.3) is 11.4 Å². The molecule has 24 heavy (non-hydrogen) atoms. The number of aromatic nitrogens is 3. The monoisotopic (exact) mass is 333 g/mol. The summed E-state index contributed by atoms with van der Waals surface area (Å²) in [5.74, 6) is 2.00. The van der Waals surface area contributed by atoms with Crippen LogP contribution in [0.4, 0.5) is 10.3 Å². The molecule has 0 atom stereocenters. The summed E-state index contributed by atoms with van der Waals surface area (Å²) in [4.78, 5) is 6.60. The van der Waals surface area contributed by atoms with Gasteiger partial charge in [-0.25, -0.2) is 4.39 Å². The van der Waals surface area contributed by atoms with Crippen molar-refractivity contribution in [2.75, 3.05) is 44.4 Å². The third kappa shape index (κ3) is 3.90. The molecule has 128 valence electrons. The van der Waals surface area contributed by atoms with Gasteiger partial charge in [-0.05, 0) is 24.3 Å². The second-order valence-electron chi connectivity index (χ2n) is 5.37. The van der Waals surface area contributed by atoms with Gasteiger partial charge in [0.05, 0.1) is 19.5 Å². The van der Waals surface area contributed by atoms with E-state index in [0.717, 1.165) is 18.7 Å². The van der Waals surface area contributed by atoms with Crippen molar-refractivity contribution in [3.05, 3.63) is 36.2 Å². The summed E-state index contributed by atoms with van der Waals surface area (Å²) >= 11 is 0. The number of H-pyrrole nitrogens is 1. The first-order valence-electron chi connectivity index (χ1n) is 7.76. The number of nitrogens with zero attached hydrogens (tertiary/aromatic N) is 3. The zero-order valence-electron chi connectivity index (χ0n) is 13.2. The number of morpholine rings is 1. The van der Waals surface area contributed by atoms with Crippen molar-refractivity contribution in [1.29, 1.82) is 0 Å². The minimum Gasteiger partial charge on any atom is -0.489 e. The topological polar surface area (TPSA) is 89.3 Å². The third-order valence-electron chi connectivity index (χ3n) is 3.74. The van der Waals surface area contributed by atoms with Crippen molar-refractivity contribution < 1.29 is 13.9 Å². The molecule has 1 aliphatic rings. The standard InChI is InChI=1S/C16H20FN5O2/c17-9-12(10-18)11-24-14-3-1-13(2-4-14)15-19-16(21-20-15)22-5-7-23-8-6-22/h1-4,9H,5-8,10-11,18H2,(H,19,20,21)/b12-9-. The number of nitrogens with two attached hydrogens (primary N) is 1. The van der Waals surface area contributed by atoms with Gasteiger partial charge in [-0.2, -0.15) is 4.98 Å². The van der Waals surface area contributed by atoms with Crippen LogP contribution in [-0.4, -0.2) is 54.6 Å². The minimum absolute atomic E-state index is 0.135. The lowest BCUT2D eigenvalue weighted by molar-refractivity contribution is 0.122. The first kappa shape index (κ1) is 16.4. The predicted molar refractivity (Wildman–Crippen MR) is 88.6 cm³/mol. The second kappa shape index (κ2) is 7.89. The Hall–Kier alpha value is -2.45. The SMILES string of the molecule is NC/C(=C/F)COc1ccc(-c2nc(N3CCOCC3)n[nH]2)cc1. The number of nitrogens with one attached hydrogen (secondary N) is 1. The van der Waals surface area contributed by atoms with Crippen LogP contribution in [0, 0.1) is 0 Å². The summed E-state index contributed by atoms with van der Waals surface area (Å²) in [5.41, 5.74) is 6.70. The van der Waals surface area contributed by atoms with Crippen LogP contribution in [0.3, 0.4) is 0 Å². The lowest BCUT2D eigenvalue weighted by Gasteiger charge is -2.25. The van der Waals surface area contributed by atoms with E-state index in [2.05, 4.69) is 20.1 Å². The second-order valence-corrected chi connectivity index (χ2v) is 5.37. The van der Waals surface area contributed by atoms with Crippen molar-refractivity contribution in [3.8, 4) is 17.1 Å². The zero-order valence-corrected chi connectivity index (χ0v) is 13.2. The van der Waals surface area contributed by atoms with E-state index < -0.39 is 0 Å². The van der Waals surface area contributed by atoms with E-state index in [4.69, 9.17) is 15.2 Å². The first-order chi connectivity index (χ1) is 11.8. The van der Waals surface area contributed by atoms with Gasteiger partial charge < -0.3 is 20.1 Å². The maximum absolute atomic E-state index is 12.4. The first-order valence-corrected chi connectivity index (χ1v) is 7.76. The van der Waals surface area contributed by atoms with Crippen LogP contribution in [-0.2, 0) is 4.74 Å². The van der Waals surface area contributed by atoms with Gasteiger partial charge in [0.2, 0.25) is 5.95 Å².